The Hall–Kier alpha value is -2.66. The molecule has 0 saturated carbocycles. The Morgan fingerprint density at radius 1 is 0.880 bits per heavy atom. The Bertz CT molecular complexity index is 1090. The van der Waals surface area contributed by atoms with Crippen LogP contribution in [-0.4, -0.2) is 4.98 Å². The number of thiazole rings is 1. The minimum absolute atomic E-state index is 0.499. The van der Waals surface area contributed by atoms with Crippen LogP contribution in [0.15, 0.2) is 60.7 Å². The number of fused-ring (bicyclic) bond motifs is 3. The fourth-order valence-electron chi connectivity index (χ4n) is 2.74. The van der Waals surface area contributed by atoms with Gasteiger partial charge in [-0.3, -0.25) is 0 Å². The predicted molar refractivity (Wildman–Crippen MR) is 97.5 cm³/mol. The summed E-state index contributed by atoms with van der Waals surface area (Å²) in [5.74, 6) is 0. The molecular formula is C20H12F3NS. The number of aromatic nitrogens is 1. The molecule has 4 rings (SSSR count). The highest BCUT2D eigenvalue weighted by molar-refractivity contribution is 7.19. The maximum atomic E-state index is 12.8. The normalized spacial score (nSPS) is 12.4. The number of halogens is 3. The van der Waals surface area contributed by atoms with Gasteiger partial charge in [-0.05, 0) is 35.2 Å². The molecule has 0 saturated heterocycles. The van der Waals surface area contributed by atoms with Crippen molar-refractivity contribution in [3.63, 3.8) is 0 Å². The first-order valence-electron chi connectivity index (χ1n) is 7.64. The maximum Gasteiger partial charge on any atom is 0.416 e. The van der Waals surface area contributed by atoms with Crippen LogP contribution >= 0.6 is 11.3 Å². The SMILES string of the molecule is FC(F)(F)c1cccc(/C=C/c2nc3c(ccc4ccccc43)s2)c1. The number of hydrogen-bond acceptors (Lipinski definition) is 2. The van der Waals surface area contributed by atoms with Crippen LogP contribution in [-0.2, 0) is 6.18 Å². The van der Waals surface area contributed by atoms with Crippen LogP contribution in [0.1, 0.15) is 16.1 Å². The molecule has 1 aromatic heterocycles. The van der Waals surface area contributed by atoms with Gasteiger partial charge in [-0.2, -0.15) is 13.2 Å². The summed E-state index contributed by atoms with van der Waals surface area (Å²) in [6.45, 7) is 0. The van der Waals surface area contributed by atoms with Crippen molar-refractivity contribution in [3.05, 3.63) is 76.8 Å². The molecule has 0 unspecified atom stereocenters. The smallest absolute Gasteiger partial charge is 0.236 e. The van der Waals surface area contributed by atoms with E-state index in [4.69, 9.17) is 0 Å². The maximum absolute atomic E-state index is 12.8. The third kappa shape index (κ3) is 3.15. The molecule has 3 aromatic carbocycles. The second-order valence-electron chi connectivity index (χ2n) is 5.64. The molecular weight excluding hydrogens is 343 g/mol. The van der Waals surface area contributed by atoms with Crippen molar-refractivity contribution >= 4 is 44.5 Å². The lowest BCUT2D eigenvalue weighted by Gasteiger charge is -2.06. The van der Waals surface area contributed by atoms with Gasteiger partial charge in [-0.25, -0.2) is 4.98 Å². The van der Waals surface area contributed by atoms with E-state index in [0.29, 0.717) is 5.56 Å². The van der Waals surface area contributed by atoms with Gasteiger partial charge < -0.3 is 0 Å². The zero-order valence-electron chi connectivity index (χ0n) is 12.9. The van der Waals surface area contributed by atoms with Gasteiger partial charge in [0.25, 0.3) is 0 Å². The molecule has 124 valence electrons. The third-order valence-corrected chi connectivity index (χ3v) is 4.92. The molecule has 0 aliphatic rings. The third-order valence-electron chi connectivity index (χ3n) is 3.93. The number of hydrogen-bond donors (Lipinski definition) is 0. The van der Waals surface area contributed by atoms with Crippen LogP contribution in [0.3, 0.4) is 0 Å². The molecule has 1 nitrogen and oxygen atoms in total. The molecule has 0 fully saturated rings. The van der Waals surface area contributed by atoms with Crippen molar-refractivity contribution in [2.24, 2.45) is 0 Å². The summed E-state index contributed by atoms with van der Waals surface area (Å²) >= 11 is 1.52. The second-order valence-corrected chi connectivity index (χ2v) is 6.70. The molecule has 0 aliphatic carbocycles. The number of benzene rings is 3. The molecule has 0 N–H and O–H groups in total. The van der Waals surface area contributed by atoms with Crippen molar-refractivity contribution in [1.82, 2.24) is 4.98 Å². The van der Waals surface area contributed by atoms with Gasteiger partial charge in [0, 0.05) is 5.39 Å². The summed E-state index contributed by atoms with van der Waals surface area (Å²) < 4.78 is 39.4. The van der Waals surface area contributed by atoms with E-state index in [1.807, 2.05) is 30.3 Å². The lowest BCUT2D eigenvalue weighted by Crippen LogP contribution is -2.04. The average Bonchev–Trinajstić information content (AvgIpc) is 3.03. The standard InChI is InChI=1S/C20H12F3NS/c21-20(22,23)15-6-3-4-13(12-15)8-11-18-24-19-16-7-2-1-5-14(16)9-10-17(19)25-18/h1-12H/b11-8+. The zero-order chi connectivity index (χ0) is 17.4. The first kappa shape index (κ1) is 15.8. The van der Waals surface area contributed by atoms with Gasteiger partial charge in [-0.1, -0.05) is 48.5 Å². The topological polar surface area (TPSA) is 12.9 Å². The van der Waals surface area contributed by atoms with Crippen LogP contribution in [0.2, 0.25) is 0 Å². The first-order valence-corrected chi connectivity index (χ1v) is 8.46. The molecule has 0 radical (unpaired) electrons. The molecule has 0 spiro atoms. The molecule has 0 aliphatic heterocycles. The molecule has 4 aromatic rings. The highest BCUT2D eigenvalue weighted by Gasteiger charge is 2.30. The minimum atomic E-state index is -4.33. The molecule has 0 bridgehead atoms. The van der Waals surface area contributed by atoms with Crippen LogP contribution in [0.5, 0.6) is 0 Å². The van der Waals surface area contributed by atoms with E-state index >= 15 is 0 Å². The fraction of sp³-hybridized carbons (Fsp3) is 0.0500. The summed E-state index contributed by atoms with van der Waals surface area (Å²) in [7, 11) is 0. The Balaban J connectivity index is 1.71. The summed E-state index contributed by atoms with van der Waals surface area (Å²) in [5, 5.41) is 2.97. The van der Waals surface area contributed by atoms with Crippen molar-refractivity contribution in [1.29, 1.82) is 0 Å². The van der Waals surface area contributed by atoms with Gasteiger partial charge in [0.2, 0.25) is 0 Å². The molecule has 0 amide bonds. The highest BCUT2D eigenvalue weighted by Crippen LogP contribution is 2.31. The molecule has 0 atom stereocenters. The van der Waals surface area contributed by atoms with E-state index in [1.165, 1.54) is 17.4 Å². The number of rotatable bonds is 2. The Labute approximate surface area is 146 Å². The second kappa shape index (κ2) is 6.01. The van der Waals surface area contributed by atoms with Crippen molar-refractivity contribution in [2.75, 3.05) is 0 Å². The fourth-order valence-corrected chi connectivity index (χ4v) is 3.62. The van der Waals surface area contributed by atoms with Crippen molar-refractivity contribution < 1.29 is 13.2 Å². The monoisotopic (exact) mass is 355 g/mol. The van der Waals surface area contributed by atoms with Gasteiger partial charge in [-0.15, -0.1) is 11.3 Å². The highest BCUT2D eigenvalue weighted by atomic mass is 32.1. The Morgan fingerprint density at radius 3 is 2.56 bits per heavy atom. The van der Waals surface area contributed by atoms with Crippen LogP contribution in [0.4, 0.5) is 13.2 Å². The van der Waals surface area contributed by atoms with Crippen molar-refractivity contribution in [2.45, 2.75) is 6.18 Å². The molecule has 5 heteroatoms. The van der Waals surface area contributed by atoms with E-state index in [0.717, 1.165) is 38.1 Å². The zero-order valence-corrected chi connectivity index (χ0v) is 13.7. The Kier molecular flexibility index (Phi) is 3.81. The van der Waals surface area contributed by atoms with Crippen LogP contribution in [0.25, 0.3) is 33.1 Å². The quantitative estimate of drug-likeness (QED) is 0.393. The van der Waals surface area contributed by atoms with Gasteiger partial charge in [0.1, 0.15) is 5.01 Å². The van der Waals surface area contributed by atoms with Gasteiger partial charge >= 0.3 is 6.18 Å². The van der Waals surface area contributed by atoms with Crippen LogP contribution in [0, 0.1) is 0 Å². The average molecular weight is 355 g/mol. The van der Waals surface area contributed by atoms with Crippen molar-refractivity contribution in [3.8, 4) is 0 Å². The van der Waals surface area contributed by atoms with Gasteiger partial charge in [0.05, 0.1) is 15.8 Å². The van der Waals surface area contributed by atoms with E-state index in [-0.39, 0.29) is 0 Å². The first-order chi connectivity index (χ1) is 12.0. The number of alkyl halides is 3. The molecule has 25 heavy (non-hydrogen) atoms. The van der Waals surface area contributed by atoms with E-state index in [2.05, 4.69) is 11.1 Å². The largest absolute Gasteiger partial charge is 0.416 e. The van der Waals surface area contributed by atoms with E-state index < -0.39 is 11.7 Å². The van der Waals surface area contributed by atoms with E-state index in [9.17, 15) is 13.2 Å². The van der Waals surface area contributed by atoms with Gasteiger partial charge in [0.15, 0.2) is 0 Å². The summed E-state index contributed by atoms with van der Waals surface area (Å²) in [5.41, 5.74) is 0.774. The predicted octanol–water partition coefficient (Wildman–Crippen LogP) is 6.64. The molecule has 1 heterocycles. The summed E-state index contributed by atoms with van der Waals surface area (Å²) in [6.07, 6.45) is -0.914. The summed E-state index contributed by atoms with van der Waals surface area (Å²) in [4.78, 5) is 4.64. The Morgan fingerprint density at radius 2 is 1.72 bits per heavy atom. The van der Waals surface area contributed by atoms with E-state index in [1.54, 1.807) is 18.2 Å². The summed E-state index contributed by atoms with van der Waals surface area (Å²) in [6, 6.07) is 17.4. The number of nitrogens with zero attached hydrogens (tertiary/aromatic N) is 1. The lowest BCUT2D eigenvalue weighted by molar-refractivity contribution is -0.137. The minimum Gasteiger partial charge on any atom is -0.236 e. The lowest BCUT2D eigenvalue weighted by atomic mass is 10.1. The van der Waals surface area contributed by atoms with Crippen LogP contribution < -0.4 is 0 Å².